The van der Waals surface area contributed by atoms with E-state index in [1.54, 1.807) is 36.4 Å². The SMILES string of the molecule is COc1cc(C)cc(CN2CCN(Cc3cc(C)cc(OC)c3[O-])CCN(Cc3cc(C)cc(OC)c3[O-])CC2)c1[O-].COc1cc(C)cc(CN2CCN(Cc3cc(C)cc(OC)c3[O-])CCN(Cc3cc(C)cc(OC)c3[O-])CC2)c1[O-].[Nd+3].[Ni+2].[Ni+3].[O-][Cl+3]([O-])([O-])[O-].[O-][Cl+3]([O-])([O-])[O-]. The number of methoxy groups -OCH3 is 6. The van der Waals surface area contributed by atoms with E-state index in [0.717, 1.165) is 33.4 Å². The fraction of sp³-hybridized carbons (Fsp3) is 0.455. The molecule has 536 valence electrons. The van der Waals surface area contributed by atoms with Crippen LogP contribution < -0.4 is 96.3 Å². The van der Waals surface area contributed by atoms with E-state index in [4.69, 9.17) is 65.7 Å². The molecule has 0 unspecified atom stereocenters. The van der Waals surface area contributed by atoms with Gasteiger partial charge in [-0.15, -0.1) is 20.5 Å². The maximum Gasteiger partial charge on any atom is 3.00 e. The molecule has 0 N–H and O–H groups in total. The number of benzene rings is 6. The standard InChI is InChI=1S/2C33H45N3O6.2ClHO4.Nd.2Ni/c2*1-22-13-25(31(37)28(16-22)40-4)19-34-7-9-35(20-26-14-23(2)17-29(41-5)32(26)38)11-12-36(10-8-34)21-27-15-24(3)18-30(42-6)33(27)39;2*2-1(3,4)5;;;/h2*13-18,37-39H,7-12,19-21H2,1-6H3;2*(H,2,3,4,5);;;/q;;;;+3;+2;+3/p-8. The third kappa shape index (κ3) is 29.4. The van der Waals surface area contributed by atoms with Gasteiger partial charge in [0.15, 0.2) is 0 Å². The maximum atomic E-state index is 13.1. The van der Waals surface area contributed by atoms with Gasteiger partial charge in [-0.25, -0.2) is 37.3 Å². The molecular formula is C66H84Cl2N6NdNi2O20. The molecule has 0 aromatic heterocycles. The number of nitrogens with zero attached hydrogens (tertiary/aromatic N) is 6. The Kier molecular flexibility index (Phi) is 38.2. The zero-order valence-corrected chi connectivity index (χ0v) is 63.1. The predicted octanol–water partition coefficient (Wildman–Crippen LogP) is -4.16. The molecule has 0 aliphatic carbocycles. The second kappa shape index (κ2) is 41.9. The minimum absolute atomic E-state index is 0. The molecule has 0 bridgehead atoms. The molecule has 2 fully saturated rings. The first-order valence-electron chi connectivity index (χ1n) is 29.9. The van der Waals surface area contributed by atoms with E-state index in [9.17, 15) is 30.6 Å². The van der Waals surface area contributed by atoms with Crippen LogP contribution in [0.4, 0.5) is 0 Å². The quantitative estimate of drug-likeness (QED) is 0.0737. The molecule has 97 heavy (non-hydrogen) atoms. The zero-order valence-electron chi connectivity index (χ0n) is 56.4. The van der Waals surface area contributed by atoms with Gasteiger partial charge in [0.05, 0.1) is 42.7 Å². The van der Waals surface area contributed by atoms with Crippen molar-refractivity contribution in [3.63, 3.8) is 0 Å². The van der Waals surface area contributed by atoms with Gasteiger partial charge in [-0.3, -0.25) is 29.4 Å². The van der Waals surface area contributed by atoms with Crippen LogP contribution in [0.25, 0.3) is 0 Å². The van der Waals surface area contributed by atoms with Gasteiger partial charge < -0.3 is 59.1 Å². The Balaban J connectivity index is 0.000000563. The predicted molar refractivity (Wildman–Crippen MR) is 315 cm³/mol. The molecule has 31 heteroatoms. The average molecular weight is 1610 g/mol. The van der Waals surface area contributed by atoms with Crippen LogP contribution in [0.3, 0.4) is 0 Å². The van der Waals surface area contributed by atoms with E-state index in [0.29, 0.717) is 186 Å². The Morgan fingerprint density at radius 2 is 0.371 bits per heavy atom. The zero-order chi connectivity index (χ0) is 69.8. The molecule has 0 amide bonds. The van der Waals surface area contributed by atoms with Gasteiger partial charge in [-0.1, -0.05) is 70.9 Å². The summed E-state index contributed by atoms with van der Waals surface area (Å²) in [6.07, 6.45) is 0. The summed E-state index contributed by atoms with van der Waals surface area (Å²) in [7, 11) is -0.775. The summed E-state index contributed by atoms with van der Waals surface area (Å²) in [5.41, 5.74) is 10.0. The Morgan fingerprint density at radius 3 is 0.464 bits per heavy atom. The number of hydrogen-bond acceptors (Lipinski definition) is 26. The second-order valence-electron chi connectivity index (χ2n) is 23.1. The van der Waals surface area contributed by atoms with Gasteiger partial charge in [0.25, 0.3) is 0 Å². The monoisotopic (exact) mass is 1610 g/mol. The van der Waals surface area contributed by atoms with Gasteiger partial charge in [-0.2, -0.15) is 0 Å². The van der Waals surface area contributed by atoms with Crippen LogP contribution in [0, 0.1) is 103 Å². The Bertz CT molecular complexity index is 2840. The topological polar surface area (TPSA) is 398 Å². The first kappa shape index (κ1) is 88.4. The first-order valence-corrected chi connectivity index (χ1v) is 32.3. The molecule has 2 radical (unpaired) electrons. The Hall–Kier alpha value is -4.72. The summed E-state index contributed by atoms with van der Waals surface area (Å²) in [6.45, 7) is 23.2. The van der Waals surface area contributed by atoms with Crippen molar-refractivity contribution < 1.29 is 191 Å². The largest absolute Gasteiger partial charge is 3.00 e. The molecule has 6 aromatic carbocycles. The third-order valence-corrected chi connectivity index (χ3v) is 15.7. The van der Waals surface area contributed by atoms with Crippen molar-refractivity contribution >= 4 is 0 Å². The third-order valence-electron chi connectivity index (χ3n) is 15.7. The van der Waals surface area contributed by atoms with Crippen molar-refractivity contribution in [1.29, 1.82) is 0 Å². The molecule has 0 saturated carbocycles. The molecule has 2 aliphatic rings. The van der Waals surface area contributed by atoms with Crippen LogP contribution in [-0.4, -0.2) is 151 Å². The molecule has 0 atom stereocenters. The van der Waals surface area contributed by atoms with Gasteiger partial charge in [0, 0.05) is 118 Å². The summed E-state index contributed by atoms with van der Waals surface area (Å²) < 4.78 is 100.0. The number of ether oxygens (including phenoxy) is 6. The summed E-state index contributed by atoms with van der Waals surface area (Å²) in [4.78, 5) is 13.6. The minimum Gasteiger partial charge on any atom is -0.870 e. The summed E-state index contributed by atoms with van der Waals surface area (Å²) in [5, 5.41) is 78.3. The van der Waals surface area contributed by atoms with E-state index in [2.05, 4.69) is 29.4 Å². The maximum absolute atomic E-state index is 13.1. The Morgan fingerprint density at radius 1 is 0.268 bits per heavy atom. The summed E-state index contributed by atoms with van der Waals surface area (Å²) >= 11 is 0. The van der Waals surface area contributed by atoms with Gasteiger partial charge >= 0.3 is 73.8 Å². The van der Waals surface area contributed by atoms with E-state index in [-0.39, 0.29) is 108 Å². The molecule has 26 nitrogen and oxygen atoms in total. The summed E-state index contributed by atoms with van der Waals surface area (Å²) in [6, 6.07) is 22.2. The van der Waals surface area contributed by atoms with Crippen molar-refractivity contribution in [3.05, 3.63) is 140 Å². The second-order valence-corrected chi connectivity index (χ2v) is 24.7. The van der Waals surface area contributed by atoms with E-state index >= 15 is 0 Å². The van der Waals surface area contributed by atoms with Crippen LogP contribution in [0.5, 0.6) is 69.0 Å². The molecule has 2 saturated heterocycles. The molecular weight excluding hydrogens is 1530 g/mol. The van der Waals surface area contributed by atoms with Crippen molar-refractivity contribution in [3.8, 4) is 69.0 Å². The fourth-order valence-corrected chi connectivity index (χ4v) is 11.3. The van der Waals surface area contributed by atoms with Crippen LogP contribution >= 0.6 is 0 Å². The van der Waals surface area contributed by atoms with Crippen LogP contribution in [0.15, 0.2) is 72.8 Å². The average Bonchev–Trinajstić information content (AvgIpc) is 1.69. The van der Waals surface area contributed by atoms with Crippen molar-refractivity contribution in [2.75, 3.05) is 121 Å². The molecule has 0 spiro atoms. The minimum atomic E-state index is -4.94. The van der Waals surface area contributed by atoms with Crippen LogP contribution in [-0.2, 0) is 72.3 Å². The first-order chi connectivity index (χ1) is 44.2. The van der Waals surface area contributed by atoms with E-state index < -0.39 is 20.5 Å². The van der Waals surface area contributed by atoms with E-state index in [1.165, 1.54) is 42.7 Å². The van der Waals surface area contributed by atoms with Gasteiger partial charge in [0.1, 0.15) is 34.5 Å². The Labute approximate surface area is 625 Å². The van der Waals surface area contributed by atoms with Crippen LogP contribution in [0.2, 0.25) is 0 Å². The molecule has 6 aromatic rings. The molecule has 2 aliphatic heterocycles. The number of halogens is 2. The van der Waals surface area contributed by atoms with Gasteiger partial charge in [-0.05, 0) is 145 Å². The molecule has 2 heterocycles. The van der Waals surface area contributed by atoms with Crippen molar-refractivity contribution in [2.24, 2.45) is 0 Å². The van der Waals surface area contributed by atoms with Crippen LogP contribution in [0.1, 0.15) is 66.8 Å². The van der Waals surface area contributed by atoms with E-state index in [1.807, 2.05) is 77.9 Å². The fourth-order valence-electron chi connectivity index (χ4n) is 11.3. The number of rotatable bonds is 18. The number of hydrogen-bond donors (Lipinski definition) is 0. The molecule has 8 rings (SSSR count). The summed E-state index contributed by atoms with van der Waals surface area (Å²) in [5.74, 6) is 1.54. The van der Waals surface area contributed by atoms with Gasteiger partial charge in [0.2, 0.25) is 0 Å². The number of aryl methyl sites for hydroxylation is 6. The smallest absolute Gasteiger partial charge is 0.870 e. The normalized spacial score (nSPS) is 14.7. The van der Waals surface area contributed by atoms with Crippen molar-refractivity contribution in [1.82, 2.24) is 29.4 Å². The van der Waals surface area contributed by atoms with Crippen molar-refractivity contribution in [2.45, 2.75) is 80.8 Å².